The van der Waals surface area contributed by atoms with Crippen molar-refractivity contribution in [2.24, 2.45) is 16.8 Å². The summed E-state index contributed by atoms with van der Waals surface area (Å²) in [5.74, 6) is -0.360. The van der Waals surface area contributed by atoms with Gasteiger partial charge in [0.05, 0.1) is 29.2 Å². The largest absolute Gasteiger partial charge is 0.383 e. The Kier molecular flexibility index (Phi) is 6.80. The zero-order valence-corrected chi connectivity index (χ0v) is 19.3. The lowest BCUT2D eigenvalue weighted by atomic mass is 9.84. The molecule has 9 nitrogen and oxygen atoms in total. The van der Waals surface area contributed by atoms with Crippen LogP contribution in [-0.2, 0) is 4.79 Å². The van der Waals surface area contributed by atoms with Crippen LogP contribution < -0.4 is 21.8 Å². The van der Waals surface area contributed by atoms with Gasteiger partial charge in [-0.15, -0.1) is 0 Å². The third-order valence-corrected chi connectivity index (χ3v) is 6.47. The van der Waals surface area contributed by atoms with Gasteiger partial charge >= 0.3 is 0 Å². The molecule has 176 valence electrons. The highest BCUT2D eigenvalue weighted by molar-refractivity contribution is 6.17. The number of hydrogen-bond donors (Lipinski definition) is 5. The van der Waals surface area contributed by atoms with E-state index >= 15 is 0 Å². The average Bonchev–Trinajstić information content (AvgIpc) is 3.07. The minimum absolute atomic E-state index is 0.195. The van der Waals surface area contributed by atoms with Crippen LogP contribution in [0.3, 0.4) is 0 Å². The number of carbonyl (C=O) groups is 2. The molecule has 2 amide bonds. The first-order valence-corrected chi connectivity index (χ1v) is 11.5. The van der Waals surface area contributed by atoms with E-state index in [2.05, 4.69) is 37.6 Å². The predicted molar refractivity (Wildman–Crippen MR) is 132 cm³/mol. The van der Waals surface area contributed by atoms with Gasteiger partial charge in [0.25, 0.3) is 5.91 Å². The van der Waals surface area contributed by atoms with Gasteiger partial charge in [0.1, 0.15) is 0 Å². The zero-order chi connectivity index (χ0) is 23.5. The number of carbonyl (C=O) groups excluding carboxylic acids is 2. The molecule has 4 rings (SSSR count). The fourth-order valence-corrected chi connectivity index (χ4v) is 4.64. The van der Waals surface area contributed by atoms with Gasteiger partial charge in [0.15, 0.2) is 0 Å². The molecule has 33 heavy (non-hydrogen) atoms. The van der Waals surface area contributed by atoms with Crippen molar-refractivity contribution in [3.8, 4) is 0 Å². The summed E-state index contributed by atoms with van der Waals surface area (Å²) in [6, 6.07) is 2.95. The number of H-pyrrole nitrogens is 1. The van der Waals surface area contributed by atoms with Crippen LogP contribution in [0.4, 0.5) is 5.69 Å². The van der Waals surface area contributed by atoms with Crippen molar-refractivity contribution in [1.29, 1.82) is 0 Å². The molecule has 9 heteroatoms. The standard InChI is InChI=1S/C24H33N7O2/c1-14(26-9-10-31(2)3)22-18-13-27-30-23(32)17-11-16(12-19(29-22)20(17)18)28-24(33)21(25)15-7-5-4-6-8-15/h11-13,15,21,26,29H,1,4-10,25H2,2-3H3,(H,28,33)(H,30,32)/t21-/m1/s1. The van der Waals surface area contributed by atoms with E-state index in [4.69, 9.17) is 5.73 Å². The summed E-state index contributed by atoms with van der Waals surface area (Å²) in [5, 5.41) is 11.1. The summed E-state index contributed by atoms with van der Waals surface area (Å²) in [6.45, 7) is 5.74. The van der Waals surface area contributed by atoms with Gasteiger partial charge in [-0.05, 0) is 45.0 Å². The Bertz CT molecular complexity index is 1100. The van der Waals surface area contributed by atoms with Gasteiger partial charge in [-0.1, -0.05) is 25.8 Å². The number of aromatic nitrogens is 1. The maximum atomic E-state index is 12.9. The van der Waals surface area contributed by atoms with Crippen molar-refractivity contribution < 1.29 is 9.59 Å². The molecule has 1 aromatic heterocycles. The highest BCUT2D eigenvalue weighted by atomic mass is 16.2. The summed E-state index contributed by atoms with van der Waals surface area (Å²) in [5.41, 5.74) is 12.7. The highest BCUT2D eigenvalue weighted by Gasteiger charge is 2.27. The lowest BCUT2D eigenvalue weighted by Crippen LogP contribution is -2.42. The van der Waals surface area contributed by atoms with Crippen LogP contribution in [0.25, 0.3) is 16.6 Å². The number of nitrogens with one attached hydrogen (secondary N) is 4. The number of likely N-dealkylation sites (N-methyl/N-ethyl adjacent to an activating group) is 1. The Balaban J connectivity index is 1.63. The van der Waals surface area contributed by atoms with Crippen LogP contribution in [0.5, 0.6) is 0 Å². The fourth-order valence-electron chi connectivity index (χ4n) is 4.64. The number of hydrazone groups is 1. The van der Waals surface area contributed by atoms with Crippen LogP contribution in [0.2, 0.25) is 0 Å². The Morgan fingerprint density at radius 3 is 2.79 bits per heavy atom. The summed E-state index contributed by atoms with van der Waals surface area (Å²) in [7, 11) is 4.01. The minimum atomic E-state index is -0.562. The van der Waals surface area contributed by atoms with E-state index < -0.39 is 6.04 Å². The van der Waals surface area contributed by atoms with Gasteiger partial charge in [-0.2, -0.15) is 5.10 Å². The normalized spacial score (nSPS) is 17.0. The third kappa shape index (κ3) is 4.94. The van der Waals surface area contributed by atoms with Crippen molar-refractivity contribution in [3.63, 3.8) is 0 Å². The van der Waals surface area contributed by atoms with Crippen LogP contribution in [0.15, 0.2) is 23.8 Å². The molecule has 1 aliphatic carbocycles. The van der Waals surface area contributed by atoms with Crippen molar-refractivity contribution in [3.05, 3.63) is 35.5 Å². The molecule has 0 saturated heterocycles. The molecule has 6 N–H and O–H groups in total. The minimum Gasteiger partial charge on any atom is -0.383 e. The van der Waals surface area contributed by atoms with Crippen molar-refractivity contribution in [2.45, 2.75) is 38.1 Å². The second kappa shape index (κ2) is 9.76. The third-order valence-electron chi connectivity index (χ3n) is 6.47. The van der Waals surface area contributed by atoms with Crippen LogP contribution in [-0.4, -0.2) is 61.1 Å². The predicted octanol–water partition coefficient (Wildman–Crippen LogP) is 2.21. The van der Waals surface area contributed by atoms with E-state index in [1.807, 2.05) is 20.2 Å². The van der Waals surface area contributed by atoms with Gasteiger partial charge in [0.2, 0.25) is 5.91 Å². The summed E-state index contributed by atoms with van der Waals surface area (Å²) in [6.07, 6.45) is 7.01. The molecule has 1 fully saturated rings. The van der Waals surface area contributed by atoms with Crippen molar-refractivity contribution in [2.75, 3.05) is 32.5 Å². The number of nitrogens with two attached hydrogens (primary N) is 1. The second-order valence-electron chi connectivity index (χ2n) is 9.18. The van der Waals surface area contributed by atoms with E-state index in [1.54, 1.807) is 12.3 Å². The lowest BCUT2D eigenvalue weighted by molar-refractivity contribution is -0.118. The van der Waals surface area contributed by atoms with E-state index in [9.17, 15) is 9.59 Å². The second-order valence-corrected chi connectivity index (χ2v) is 9.18. The lowest BCUT2D eigenvalue weighted by Gasteiger charge is -2.26. The van der Waals surface area contributed by atoms with Crippen molar-refractivity contribution >= 4 is 40.3 Å². The monoisotopic (exact) mass is 451 g/mol. The number of amides is 2. The average molecular weight is 452 g/mol. The van der Waals surface area contributed by atoms with E-state index in [1.165, 1.54) is 6.42 Å². The molecule has 1 aromatic carbocycles. The molecular weight excluding hydrogens is 418 g/mol. The molecule has 1 atom stereocenters. The summed E-state index contributed by atoms with van der Waals surface area (Å²) >= 11 is 0. The number of benzene rings is 1. The van der Waals surface area contributed by atoms with Gasteiger partial charge in [0, 0.05) is 35.2 Å². The first-order chi connectivity index (χ1) is 15.8. The molecule has 0 unspecified atom stereocenters. The Morgan fingerprint density at radius 1 is 1.30 bits per heavy atom. The SMILES string of the molecule is C=C(NCCN(C)C)c1[nH]c2cc(NC(=O)[C@H](N)C3CCCCC3)cc3c2c1C=NNC3=O. The molecule has 0 spiro atoms. The van der Waals surface area contributed by atoms with E-state index in [0.29, 0.717) is 16.9 Å². The maximum Gasteiger partial charge on any atom is 0.272 e. The van der Waals surface area contributed by atoms with Crippen LogP contribution in [0.1, 0.15) is 53.7 Å². The summed E-state index contributed by atoms with van der Waals surface area (Å²) < 4.78 is 0. The molecule has 1 aliphatic heterocycles. The van der Waals surface area contributed by atoms with Gasteiger partial charge < -0.3 is 26.3 Å². The molecule has 2 aromatic rings. The number of hydrogen-bond acceptors (Lipinski definition) is 6. The topological polar surface area (TPSA) is 128 Å². The number of nitrogens with zero attached hydrogens (tertiary/aromatic N) is 2. The molecule has 2 heterocycles. The first-order valence-electron chi connectivity index (χ1n) is 11.5. The Hall–Kier alpha value is -3.17. The van der Waals surface area contributed by atoms with Gasteiger partial charge in [-0.3, -0.25) is 9.59 Å². The Morgan fingerprint density at radius 2 is 2.06 bits per heavy atom. The zero-order valence-electron chi connectivity index (χ0n) is 19.3. The summed E-state index contributed by atoms with van der Waals surface area (Å²) in [4.78, 5) is 31.0. The fraction of sp³-hybridized carbons (Fsp3) is 0.458. The quantitative estimate of drug-likeness (QED) is 0.420. The van der Waals surface area contributed by atoms with Crippen LogP contribution >= 0.6 is 0 Å². The Labute approximate surface area is 193 Å². The van der Waals surface area contributed by atoms with E-state index in [0.717, 1.165) is 60.9 Å². The molecule has 2 aliphatic rings. The maximum absolute atomic E-state index is 12.9. The number of aromatic amines is 1. The highest BCUT2D eigenvalue weighted by Crippen LogP contribution is 2.32. The number of anilines is 1. The molecule has 0 bridgehead atoms. The molecule has 1 saturated carbocycles. The number of rotatable bonds is 8. The first kappa shape index (κ1) is 23.0. The smallest absolute Gasteiger partial charge is 0.272 e. The van der Waals surface area contributed by atoms with E-state index in [-0.39, 0.29) is 17.7 Å². The molecule has 0 radical (unpaired) electrons. The molecular formula is C24H33N7O2. The van der Waals surface area contributed by atoms with Crippen LogP contribution in [0, 0.1) is 5.92 Å². The van der Waals surface area contributed by atoms with Gasteiger partial charge in [-0.25, -0.2) is 5.43 Å². The van der Waals surface area contributed by atoms with Crippen molar-refractivity contribution in [1.82, 2.24) is 20.6 Å².